The SMILES string of the molecule is O=C(c1snc2c(=O)n(C3CC3)c(=O)[nH]c12)N1CCN(c2ccccc2Cl)CC1. The van der Waals surface area contributed by atoms with Crippen LogP contribution in [0.2, 0.25) is 5.02 Å². The number of anilines is 1. The number of carbonyl (C=O) groups excluding carboxylic acids is 1. The summed E-state index contributed by atoms with van der Waals surface area (Å²) in [5.74, 6) is -0.212. The van der Waals surface area contributed by atoms with E-state index in [0.717, 1.165) is 30.1 Å². The van der Waals surface area contributed by atoms with Crippen LogP contribution in [-0.4, -0.2) is 50.9 Å². The van der Waals surface area contributed by atoms with Crippen LogP contribution in [0, 0.1) is 0 Å². The number of H-pyrrole nitrogens is 1. The van der Waals surface area contributed by atoms with Gasteiger partial charge in [0.15, 0.2) is 5.52 Å². The summed E-state index contributed by atoms with van der Waals surface area (Å²) in [6, 6.07) is 7.59. The topological polar surface area (TPSA) is 91.3 Å². The van der Waals surface area contributed by atoms with Crippen LogP contribution in [0.25, 0.3) is 11.0 Å². The third kappa shape index (κ3) is 3.14. The number of hydrogen-bond acceptors (Lipinski definition) is 6. The molecule has 0 bridgehead atoms. The second kappa shape index (κ2) is 7.00. The molecule has 2 aromatic heterocycles. The summed E-state index contributed by atoms with van der Waals surface area (Å²) in [4.78, 5) is 44.9. The lowest BCUT2D eigenvalue weighted by Crippen LogP contribution is -2.48. The fourth-order valence-electron chi connectivity index (χ4n) is 3.74. The maximum atomic E-state index is 13.1. The van der Waals surface area contributed by atoms with Gasteiger partial charge >= 0.3 is 5.69 Å². The Morgan fingerprint density at radius 2 is 1.86 bits per heavy atom. The molecule has 10 heteroatoms. The van der Waals surface area contributed by atoms with E-state index in [-0.39, 0.29) is 23.0 Å². The number of nitrogens with zero attached hydrogens (tertiary/aromatic N) is 4. The quantitative estimate of drug-likeness (QED) is 0.685. The fourth-order valence-corrected chi connectivity index (χ4v) is 4.79. The van der Waals surface area contributed by atoms with Gasteiger partial charge in [0.05, 0.1) is 16.2 Å². The number of amides is 1. The van der Waals surface area contributed by atoms with Crippen LogP contribution in [0.3, 0.4) is 0 Å². The molecule has 0 unspecified atom stereocenters. The van der Waals surface area contributed by atoms with Crippen LogP contribution in [0.4, 0.5) is 5.69 Å². The molecule has 1 aromatic carbocycles. The Hall–Kier alpha value is -2.65. The van der Waals surface area contributed by atoms with Crippen LogP contribution < -0.4 is 16.1 Å². The van der Waals surface area contributed by atoms with E-state index >= 15 is 0 Å². The van der Waals surface area contributed by atoms with E-state index in [4.69, 9.17) is 11.6 Å². The van der Waals surface area contributed by atoms with Crippen molar-refractivity contribution in [1.82, 2.24) is 18.8 Å². The maximum absolute atomic E-state index is 13.1. The van der Waals surface area contributed by atoms with Crippen LogP contribution in [0.15, 0.2) is 33.9 Å². The van der Waals surface area contributed by atoms with Crippen molar-refractivity contribution >= 4 is 45.8 Å². The molecule has 0 spiro atoms. The Kier molecular flexibility index (Phi) is 4.44. The minimum absolute atomic E-state index is 0.0469. The van der Waals surface area contributed by atoms with Gasteiger partial charge in [-0.1, -0.05) is 23.7 Å². The number of nitrogens with one attached hydrogen (secondary N) is 1. The zero-order chi connectivity index (χ0) is 20.1. The van der Waals surface area contributed by atoms with Crippen LogP contribution >= 0.6 is 23.1 Å². The lowest BCUT2D eigenvalue weighted by Gasteiger charge is -2.36. The highest BCUT2D eigenvalue weighted by Crippen LogP contribution is 2.32. The summed E-state index contributed by atoms with van der Waals surface area (Å²) in [6.07, 6.45) is 1.64. The molecule has 8 nitrogen and oxygen atoms in total. The predicted octanol–water partition coefficient (Wildman–Crippen LogP) is 2.10. The van der Waals surface area contributed by atoms with E-state index in [9.17, 15) is 14.4 Å². The third-order valence-electron chi connectivity index (χ3n) is 5.43. The fraction of sp³-hybridized carbons (Fsp3) is 0.368. The first-order valence-electron chi connectivity index (χ1n) is 9.47. The number of hydrogen-bond donors (Lipinski definition) is 1. The lowest BCUT2D eigenvalue weighted by molar-refractivity contribution is 0.0753. The zero-order valence-corrected chi connectivity index (χ0v) is 17.0. The summed E-state index contributed by atoms with van der Waals surface area (Å²) in [6.45, 7) is 2.34. The van der Waals surface area contributed by atoms with Gasteiger partial charge in [0.2, 0.25) is 0 Å². The van der Waals surface area contributed by atoms with Crippen molar-refractivity contribution in [2.75, 3.05) is 31.1 Å². The van der Waals surface area contributed by atoms with Gasteiger partial charge in [0, 0.05) is 32.2 Å². The molecule has 3 heterocycles. The highest BCUT2D eigenvalue weighted by atomic mass is 35.5. The molecule has 1 aliphatic heterocycles. The molecule has 5 rings (SSSR count). The highest BCUT2D eigenvalue weighted by molar-refractivity contribution is 7.09. The number of halogens is 1. The number of benzene rings is 1. The van der Waals surface area contributed by atoms with Crippen molar-refractivity contribution in [3.63, 3.8) is 0 Å². The molecule has 2 fully saturated rings. The summed E-state index contributed by atoms with van der Waals surface area (Å²) in [5.41, 5.74) is 0.488. The molecule has 1 amide bonds. The zero-order valence-electron chi connectivity index (χ0n) is 15.4. The second-order valence-electron chi connectivity index (χ2n) is 7.30. The van der Waals surface area contributed by atoms with Gasteiger partial charge in [-0.05, 0) is 36.5 Å². The molecule has 0 atom stereocenters. The monoisotopic (exact) mass is 431 g/mol. The van der Waals surface area contributed by atoms with E-state index in [2.05, 4.69) is 14.3 Å². The van der Waals surface area contributed by atoms with Crippen molar-refractivity contribution in [1.29, 1.82) is 0 Å². The Balaban J connectivity index is 1.39. The first-order chi connectivity index (χ1) is 14.0. The molecule has 1 aliphatic carbocycles. The Bertz CT molecular complexity index is 1220. The molecular formula is C19H18ClN5O3S. The number of carbonyl (C=O) groups is 1. The minimum Gasteiger partial charge on any atom is -0.367 e. The van der Waals surface area contributed by atoms with E-state index in [0.29, 0.717) is 36.1 Å². The van der Waals surface area contributed by atoms with Crippen LogP contribution in [0.5, 0.6) is 0 Å². The summed E-state index contributed by atoms with van der Waals surface area (Å²) >= 11 is 7.25. The van der Waals surface area contributed by atoms with Crippen LogP contribution in [-0.2, 0) is 0 Å². The molecule has 0 radical (unpaired) electrons. The van der Waals surface area contributed by atoms with E-state index in [1.54, 1.807) is 4.90 Å². The van der Waals surface area contributed by atoms with Crippen molar-refractivity contribution in [2.24, 2.45) is 0 Å². The highest BCUT2D eigenvalue weighted by Gasteiger charge is 2.31. The maximum Gasteiger partial charge on any atom is 0.329 e. The molecule has 1 saturated heterocycles. The number of para-hydroxylation sites is 1. The Morgan fingerprint density at radius 1 is 1.14 bits per heavy atom. The van der Waals surface area contributed by atoms with Crippen molar-refractivity contribution in [3.05, 3.63) is 55.0 Å². The van der Waals surface area contributed by atoms with E-state index in [1.807, 2.05) is 24.3 Å². The molecule has 3 aromatic rings. The van der Waals surface area contributed by atoms with E-state index < -0.39 is 11.2 Å². The van der Waals surface area contributed by atoms with Crippen molar-refractivity contribution in [2.45, 2.75) is 18.9 Å². The average molecular weight is 432 g/mol. The van der Waals surface area contributed by atoms with Crippen molar-refractivity contribution < 1.29 is 4.79 Å². The van der Waals surface area contributed by atoms with E-state index in [1.165, 1.54) is 4.57 Å². The second-order valence-corrected chi connectivity index (χ2v) is 8.48. The number of aromatic amines is 1. The number of fused-ring (bicyclic) bond motifs is 1. The summed E-state index contributed by atoms with van der Waals surface area (Å²) in [7, 11) is 0. The standard InChI is InChI=1S/C19H18ClN5O3S/c20-12-3-1-2-4-13(12)23-7-9-24(10-8-23)18(27)16-14-15(22-29-16)17(26)25(11-5-6-11)19(28)21-14/h1-4,11H,5-10H2,(H,21,28). The van der Waals surface area contributed by atoms with Gasteiger partial charge in [-0.25, -0.2) is 4.79 Å². The van der Waals surface area contributed by atoms with Gasteiger partial charge in [0.1, 0.15) is 4.88 Å². The Labute approximate surface area is 174 Å². The summed E-state index contributed by atoms with van der Waals surface area (Å²) < 4.78 is 5.40. The predicted molar refractivity (Wildman–Crippen MR) is 112 cm³/mol. The first kappa shape index (κ1) is 18.4. The molecule has 2 aliphatic rings. The largest absolute Gasteiger partial charge is 0.367 e. The average Bonchev–Trinajstić information content (AvgIpc) is 3.46. The van der Waals surface area contributed by atoms with Gasteiger partial charge in [0.25, 0.3) is 11.5 Å². The van der Waals surface area contributed by atoms with Gasteiger partial charge < -0.3 is 14.8 Å². The van der Waals surface area contributed by atoms with Gasteiger partial charge in [-0.3, -0.25) is 14.2 Å². The van der Waals surface area contributed by atoms with Gasteiger partial charge in [-0.15, -0.1) is 0 Å². The molecule has 29 heavy (non-hydrogen) atoms. The molecule has 1 N–H and O–H groups in total. The number of aromatic nitrogens is 3. The third-order valence-corrected chi connectivity index (χ3v) is 6.59. The normalized spacial score (nSPS) is 17.1. The summed E-state index contributed by atoms with van der Waals surface area (Å²) in [5, 5.41) is 0.685. The molecular weight excluding hydrogens is 414 g/mol. The minimum atomic E-state index is -0.470. The molecule has 1 saturated carbocycles. The van der Waals surface area contributed by atoms with Gasteiger partial charge in [-0.2, -0.15) is 4.37 Å². The van der Waals surface area contributed by atoms with Crippen molar-refractivity contribution in [3.8, 4) is 0 Å². The lowest BCUT2D eigenvalue weighted by atomic mass is 10.2. The first-order valence-corrected chi connectivity index (χ1v) is 10.6. The van der Waals surface area contributed by atoms with Crippen LogP contribution in [0.1, 0.15) is 28.6 Å². The number of piperazine rings is 1. The smallest absolute Gasteiger partial charge is 0.329 e. The molecule has 150 valence electrons. The Morgan fingerprint density at radius 3 is 2.55 bits per heavy atom. The number of rotatable bonds is 3.